The monoisotopic (exact) mass is 516 g/mol. The van der Waals surface area contributed by atoms with Crippen molar-refractivity contribution in [2.75, 3.05) is 6.61 Å². The highest BCUT2D eigenvalue weighted by Crippen LogP contribution is 2.33. The van der Waals surface area contributed by atoms with Crippen LogP contribution in [-0.4, -0.2) is 27.7 Å². The van der Waals surface area contributed by atoms with Gasteiger partial charge in [0.2, 0.25) is 0 Å². The van der Waals surface area contributed by atoms with Gasteiger partial charge in [-0.2, -0.15) is 13.2 Å². The average Bonchev–Trinajstić information content (AvgIpc) is 3.35. The first-order valence-electron chi connectivity index (χ1n) is 11.5. The van der Waals surface area contributed by atoms with Gasteiger partial charge in [-0.1, -0.05) is 12.1 Å². The molecule has 2 aromatic heterocycles. The fourth-order valence-electron chi connectivity index (χ4n) is 3.76. The van der Waals surface area contributed by atoms with Crippen LogP contribution in [0.4, 0.5) is 13.2 Å². The lowest BCUT2D eigenvalue weighted by Gasteiger charge is -2.19. The molecular formula is C27H27F3N2O3S. The molecular weight excluding hydrogens is 489 g/mol. The van der Waals surface area contributed by atoms with E-state index in [4.69, 9.17) is 9.47 Å². The van der Waals surface area contributed by atoms with Gasteiger partial charge >= 0.3 is 12.1 Å². The molecule has 9 heteroatoms. The predicted molar refractivity (Wildman–Crippen MR) is 134 cm³/mol. The van der Waals surface area contributed by atoms with Crippen LogP contribution in [0.3, 0.4) is 0 Å². The highest BCUT2D eigenvalue weighted by atomic mass is 32.1. The summed E-state index contributed by atoms with van der Waals surface area (Å²) in [7, 11) is 0. The molecule has 0 aliphatic rings. The summed E-state index contributed by atoms with van der Waals surface area (Å²) in [5, 5.41) is 1.67. The molecule has 0 radical (unpaired) electrons. The molecule has 0 atom stereocenters. The van der Waals surface area contributed by atoms with Crippen molar-refractivity contribution in [3.05, 3.63) is 70.9 Å². The van der Waals surface area contributed by atoms with E-state index in [2.05, 4.69) is 4.98 Å². The number of thiazole rings is 1. The van der Waals surface area contributed by atoms with E-state index in [0.717, 1.165) is 33.6 Å². The number of aryl methyl sites for hydroxylation is 1. The SMILES string of the molecule is Cc1sc(-c2ccc(C(F)(F)F)cc2)nc1CCOc1ccc2ccn(CC(=O)OC(C)(C)C)c2c1. The number of ether oxygens (including phenoxy) is 2. The molecule has 0 aliphatic heterocycles. The second-order valence-electron chi connectivity index (χ2n) is 9.45. The minimum Gasteiger partial charge on any atom is -0.493 e. The Morgan fingerprint density at radius 2 is 1.78 bits per heavy atom. The summed E-state index contributed by atoms with van der Waals surface area (Å²) < 4.78 is 51.7. The molecule has 5 nitrogen and oxygen atoms in total. The van der Waals surface area contributed by atoms with E-state index in [-0.39, 0.29) is 12.5 Å². The van der Waals surface area contributed by atoms with Crippen LogP contribution in [0.2, 0.25) is 0 Å². The molecule has 2 heterocycles. The van der Waals surface area contributed by atoms with E-state index >= 15 is 0 Å². The Hall–Kier alpha value is -3.33. The van der Waals surface area contributed by atoms with Crippen molar-refractivity contribution in [1.29, 1.82) is 0 Å². The number of rotatable bonds is 7. The van der Waals surface area contributed by atoms with Gasteiger partial charge in [-0.3, -0.25) is 4.79 Å². The van der Waals surface area contributed by atoms with Crippen LogP contribution in [-0.2, 0) is 28.7 Å². The number of benzene rings is 2. The number of nitrogens with zero attached hydrogens (tertiary/aromatic N) is 2. The van der Waals surface area contributed by atoms with Crippen LogP contribution < -0.4 is 4.74 Å². The van der Waals surface area contributed by atoms with Crippen LogP contribution in [0.25, 0.3) is 21.5 Å². The lowest BCUT2D eigenvalue weighted by Crippen LogP contribution is -2.26. The molecule has 0 unspecified atom stereocenters. The van der Waals surface area contributed by atoms with Gasteiger partial charge in [0.05, 0.1) is 23.4 Å². The van der Waals surface area contributed by atoms with Crippen molar-refractivity contribution in [3.8, 4) is 16.3 Å². The summed E-state index contributed by atoms with van der Waals surface area (Å²) in [5.41, 5.74) is 1.15. The minimum absolute atomic E-state index is 0.106. The Kier molecular flexibility index (Phi) is 7.13. The van der Waals surface area contributed by atoms with Gasteiger partial charge in [0, 0.05) is 29.1 Å². The highest BCUT2D eigenvalue weighted by Gasteiger charge is 2.30. The van der Waals surface area contributed by atoms with E-state index in [1.54, 1.807) is 0 Å². The molecule has 0 bridgehead atoms. The molecule has 0 spiro atoms. The van der Waals surface area contributed by atoms with Crippen LogP contribution in [0.5, 0.6) is 5.75 Å². The number of halogens is 3. The van der Waals surface area contributed by atoms with E-state index in [1.807, 2.05) is 62.7 Å². The Bertz CT molecular complexity index is 1370. The Labute approximate surface area is 211 Å². The molecule has 4 rings (SSSR count). The zero-order valence-electron chi connectivity index (χ0n) is 20.5. The van der Waals surface area contributed by atoms with E-state index in [0.29, 0.717) is 29.3 Å². The number of carbonyl (C=O) groups excluding carboxylic acids is 1. The second kappa shape index (κ2) is 9.97. The summed E-state index contributed by atoms with van der Waals surface area (Å²) in [6.07, 6.45) is -1.96. The highest BCUT2D eigenvalue weighted by molar-refractivity contribution is 7.15. The summed E-state index contributed by atoms with van der Waals surface area (Å²) in [6.45, 7) is 7.93. The van der Waals surface area contributed by atoms with Gasteiger partial charge in [-0.25, -0.2) is 4.98 Å². The fourth-order valence-corrected chi connectivity index (χ4v) is 4.72. The van der Waals surface area contributed by atoms with Crippen molar-refractivity contribution in [2.45, 2.75) is 52.4 Å². The first-order chi connectivity index (χ1) is 16.9. The maximum Gasteiger partial charge on any atom is 0.416 e. The third-order valence-electron chi connectivity index (χ3n) is 5.42. The standard InChI is InChI=1S/C27H27F3N2O3S/c1-17-22(31-25(36-17)19-5-8-20(9-6-19)27(28,29)30)12-14-34-21-10-7-18-11-13-32(23(18)15-21)16-24(33)35-26(2,3)4/h5-11,13,15H,12,14,16H2,1-4H3. The maximum absolute atomic E-state index is 12.8. The maximum atomic E-state index is 12.8. The van der Waals surface area contributed by atoms with E-state index in [1.165, 1.54) is 23.5 Å². The molecule has 36 heavy (non-hydrogen) atoms. The molecule has 0 aliphatic carbocycles. The third kappa shape index (κ3) is 6.26. The number of fused-ring (bicyclic) bond motifs is 1. The predicted octanol–water partition coefficient (Wildman–Crippen LogP) is 7.06. The Balaban J connectivity index is 1.40. The third-order valence-corrected chi connectivity index (χ3v) is 6.49. The summed E-state index contributed by atoms with van der Waals surface area (Å²) in [4.78, 5) is 17.9. The van der Waals surface area contributed by atoms with Crippen molar-refractivity contribution < 1.29 is 27.4 Å². The molecule has 0 saturated carbocycles. The van der Waals surface area contributed by atoms with Gasteiger partial charge in [0.25, 0.3) is 0 Å². The number of carbonyl (C=O) groups is 1. The van der Waals surface area contributed by atoms with Crippen LogP contribution in [0, 0.1) is 6.92 Å². The largest absolute Gasteiger partial charge is 0.493 e. The van der Waals surface area contributed by atoms with Crippen molar-refractivity contribution >= 4 is 28.2 Å². The normalized spacial score (nSPS) is 12.2. The van der Waals surface area contributed by atoms with Crippen LogP contribution in [0.15, 0.2) is 54.7 Å². The molecule has 2 aromatic carbocycles. The van der Waals surface area contributed by atoms with Gasteiger partial charge in [-0.05, 0) is 63.4 Å². The van der Waals surface area contributed by atoms with Gasteiger partial charge in [0.1, 0.15) is 22.9 Å². The van der Waals surface area contributed by atoms with E-state index in [9.17, 15) is 18.0 Å². The number of esters is 1. The van der Waals surface area contributed by atoms with Gasteiger partial charge in [-0.15, -0.1) is 11.3 Å². The zero-order chi connectivity index (χ0) is 26.1. The summed E-state index contributed by atoms with van der Waals surface area (Å²) in [6, 6.07) is 12.7. The van der Waals surface area contributed by atoms with Gasteiger partial charge in [0.15, 0.2) is 0 Å². The molecule has 0 N–H and O–H groups in total. The summed E-state index contributed by atoms with van der Waals surface area (Å²) >= 11 is 1.45. The van der Waals surface area contributed by atoms with Crippen molar-refractivity contribution in [2.24, 2.45) is 0 Å². The Morgan fingerprint density at radius 1 is 1.06 bits per heavy atom. The average molecular weight is 517 g/mol. The van der Waals surface area contributed by atoms with E-state index < -0.39 is 17.3 Å². The Morgan fingerprint density at radius 3 is 2.44 bits per heavy atom. The number of hydrogen-bond acceptors (Lipinski definition) is 5. The first-order valence-corrected chi connectivity index (χ1v) is 12.3. The van der Waals surface area contributed by atoms with Crippen LogP contribution >= 0.6 is 11.3 Å². The smallest absolute Gasteiger partial charge is 0.416 e. The second-order valence-corrected chi connectivity index (χ2v) is 10.6. The quantitative estimate of drug-likeness (QED) is 0.247. The summed E-state index contributed by atoms with van der Waals surface area (Å²) in [5.74, 6) is 0.358. The fraction of sp³-hybridized carbons (Fsp3) is 0.333. The molecule has 4 aromatic rings. The number of aromatic nitrogens is 2. The minimum atomic E-state index is -4.36. The molecule has 190 valence electrons. The molecule has 0 amide bonds. The first kappa shape index (κ1) is 25.8. The number of hydrogen-bond donors (Lipinski definition) is 0. The van der Waals surface area contributed by atoms with Crippen LogP contribution in [0.1, 0.15) is 36.9 Å². The number of alkyl halides is 3. The molecule has 0 saturated heterocycles. The van der Waals surface area contributed by atoms with Crippen molar-refractivity contribution in [1.82, 2.24) is 9.55 Å². The van der Waals surface area contributed by atoms with Crippen molar-refractivity contribution in [3.63, 3.8) is 0 Å². The molecule has 0 fully saturated rings. The lowest BCUT2D eigenvalue weighted by atomic mass is 10.1. The van der Waals surface area contributed by atoms with Gasteiger partial charge < -0.3 is 14.0 Å². The topological polar surface area (TPSA) is 53.4 Å². The lowest BCUT2D eigenvalue weighted by molar-refractivity contribution is -0.155. The zero-order valence-corrected chi connectivity index (χ0v) is 21.3.